The maximum atomic E-state index is 9.50. The lowest BCUT2D eigenvalue weighted by Crippen LogP contribution is -1.98. The zero-order valence-corrected chi connectivity index (χ0v) is 28.3. The van der Waals surface area contributed by atoms with E-state index in [0.29, 0.717) is 28.1 Å². The average molecular weight is 681 g/mol. The maximum absolute atomic E-state index is 9.50. The Morgan fingerprint density at radius 2 is 0.981 bits per heavy atom. The van der Waals surface area contributed by atoms with Gasteiger partial charge in [-0.15, -0.1) is 0 Å². The molecule has 0 radical (unpaired) electrons. The van der Waals surface area contributed by atoms with Crippen LogP contribution in [-0.2, 0) is 0 Å². The van der Waals surface area contributed by atoms with Gasteiger partial charge in [0.2, 0.25) is 0 Å². The molecule has 0 fully saturated rings. The lowest BCUT2D eigenvalue weighted by molar-refractivity contribution is 1.11. The van der Waals surface area contributed by atoms with E-state index in [1.807, 2.05) is 115 Å². The molecule has 2 nitrogen and oxygen atoms in total. The second-order valence-electron chi connectivity index (χ2n) is 13.3. The molecule has 0 bridgehead atoms. The predicted molar refractivity (Wildman–Crippen MR) is 225 cm³/mol. The van der Waals surface area contributed by atoms with Gasteiger partial charge in [0, 0.05) is 11.3 Å². The SMILES string of the molecule is [2H]c1c([2H])c([2H])c2c(-c3cc4ccccc4c4ccccc34)c3c([2H])c([2H])c([2H])c([2H])c3c(-c3ccc(-c4nc5ccccc5n4-c4ccc5ccccc5c4)cc3)c2c1[2H]. The predicted octanol–water partition coefficient (Wildman–Crippen LogP) is 13.8. The van der Waals surface area contributed by atoms with Crippen molar-refractivity contribution in [3.05, 3.63) is 194 Å². The van der Waals surface area contributed by atoms with Crippen LogP contribution in [0, 0.1) is 0 Å². The zero-order valence-electron chi connectivity index (χ0n) is 36.3. The molecule has 0 saturated carbocycles. The first-order valence-electron chi connectivity index (χ1n) is 21.6. The number of imidazole rings is 1. The molecule has 1 heterocycles. The molecule has 53 heavy (non-hydrogen) atoms. The van der Waals surface area contributed by atoms with Gasteiger partial charge in [-0.05, 0) is 106 Å². The van der Waals surface area contributed by atoms with Crippen LogP contribution in [0.15, 0.2) is 194 Å². The molecule has 11 rings (SSSR count). The van der Waals surface area contributed by atoms with Gasteiger partial charge in [-0.2, -0.15) is 0 Å². The number of benzene rings is 10. The van der Waals surface area contributed by atoms with Crippen molar-refractivity contribution in [2.45, 2.75) is 0 Å². The molecule has 0 saturated heterocycles. The normalized spacial score (nSPS) is 13.9. The standard InChI is InChI=1S/C51H32N2/c1-2-14-36-31-38(30-29-33(36)13-1)53-48-24-12-11-23-47(48)52-51(53)35-27-25-34(26-28-35)49-42-19-7-9-21-44(42)50(45-22-10-8-20-43(45)49)46-32-37-15-3-4-16-39(37)40-17-5-6-18-41(40)46/h1-32H/i7D,8D,9D,10D,19D,20D,21D,22D. The number of fused-ring (bicyclic) bond motifs is 7. The van der Waals surface area contributed by atoms with E-state index in [0.717, 1.165) is 54.6 Å². The third-order valence-electron chi connectivity index (χ3n) is 10.4. The number of aromatic nitrogens is 2. The minimum absolute atomic E-state index is 0.173. The molecule has 0 unspecified atom stereocenters. The third kappa shape index (κ3) is 4.63. The molecule has 0 aliphatic carbocycles. The topological polar surface area (TPSA) is 17.8 Å². The number of rotatable bonds is 4. The fraction of sp³-hybridized carbons (Fsp3) is 0. The summed E-state index contributed by atoms with van der Waals surface area (Å²) in [6.45, 7) is 0. The first-order valence-corrected chi connectivity index (χ1v) is 17.6. The molecule has 1 aromatic heterocycles. The fourth-order valence-electron chi connectivity index (χ4n) is 8.03. The van der Waals surface area contributed by atoms with E-state index in [-0.39, 0.29) is 45.7 Å². The Hall–Kier alpha value is -7.03. The highest BCUT2D eigenvalue weighted by atomic mass is 15.1. The van der Waals surface area contributed by atoms with Crippen LogP contribution in [0.25, 0.3) is 104 Å². The van der Waals surface area contributed by atoms with Crippen LogP contribution >= 0.6 is 0 Å². The summed E-state index contributed by atoms with van der Waals surface area (Å²) in [5, 5.41) is 6.49. The Morgan fingerprint density at radius 3 is 1.72 bits per heavy atom. The van der Waals surface area contributed by atoms with Gasteiger partial charge >= 0.3 is 0 Å². The van der Waals surface area contributed by atoms with Crippen molar-refractivity contribution in [2.24, 2.45) is 0 Å². The summed E-state index contributed by atoms with van der Waals surface area (Å²) in [5.41, 5.74) is 5.22. The highest BCUT2D eigenvalue weighted by Gasteiger charge is 2.20. The number of hydrogen-bond acceptors (Lipinski definition) is 1. The summed E-state index contributed by atoms with van der Waals surface area (Å²) in [6.07, 6.45) is 0. The van der Waals surface area contributed by atoms with Gasteiger partial charge in [0.05, 0.1) is 22.0 Å². The van der Waals surface area contributed by atoms with E-state index >= 15 is 0 Å². The van der Waals surface area contributed by atoms with Gasteiger partial charge in [0.1, 0.15) is 5.82 Å². The van der Waals surface area contributed by atoms with Crippen molar-refractivity contribution < 1.29 is 11.0 Å². The van der Waals surface area contributed by atoms with E-state index in [4.69, 9.17) is 10.5 Å². The summed E-state index contributed by atoms with van der Waals surface area (Å²) in [7, 11) is 0. The van der Waals surface area contributed by atoms with Crippen LogP contribution in [0.5, 0.6) is 0 Å². The lowest BCUT2D eigenvalue weighted by atomic mass is 9.84. The second kappa shape index (κ2) is 11.8. The van der Waals surface area contributed by atoms with Crippen LogP contribution in [0.2, 0.25) is 0 Å². The highest BCUT2D eigenvalue weighted by molar-refractivity contribution is 6.25. The monoisotopic (exact) mass is 680 g/mol. The number of hydrogen-bond donors (Lipinski definition) is 0. The minimum Gasteiger partial charge on any atom is -0.292 e. The maximum Gasteiger partial charge on any atom is 0.145 e. The van der Waals surface area contributed by atoms with Crippen molar-refractivity contribution in [3.8, 4) is 39.3 Å². The molecule has 0 amide bonds. The Balaban J connectivity index is 1.24. The van der Waals surface area contributed by atoms with Crippen LogP contribution < -0.4 is 0 Å². The van der Waals surface area contributed by atoms with E-state index in [1.54, 1.807) is 0 Å². The summed E-state index contributed by atoms with van der Waals surface area (Å²) < 4.78 is 75.8. The van der Waals surface area contributed by atoms with Gasteiger partial charge in [-0.25, -0.2) is 4.98 Å². The van der Waals surface area contributed by atoms with E-state index < -0.39 is 24.2 Å². The van der Waals surface area contributed by atoms with Crippen LogP contribution in [-0.4, -0.2) is 9.55 Å². The minimum atomic E-state index is -0.436. The average Bonchev–Trinajstić information content (AvgIpc) is 3.70. The van der Waals surface area contributed by atoms with Crippen molar-refractivity contribution in [1.82, 2.24) is 9.55 Å². The number of nitrogens with zero attached hydrogens (tertiary/aromatic N) is 2. The molecule has 10 aromatic carbocycles. The number of para-hydroxylation sites is 2. The van der Waals surface area contributed by atoms with Crippen molar-refractivity contribution in [1.29, 1.82) is 0 Å². The van der Waals surface area contributed by atoms with E-state index in [9.17, 15) is 5.48 Å². The Kier molecular flexibility index (Phi) is 5.04. The molecular weight excluding hydrogens is 641 g/mol. The van der Waals surface area contributed by atoms with Gasteiger partial charge < -0.3 is 0 Å². The van der Waals surface area contributed by atoms with Crippen molar-refractivity contribution in [3.63, 3.8) is 0 Å². The molecule has 0 N–H and O–H groups in total. The summed E-state index contributed by atoms with van der Waals surface area (Å²) in [4.78, 5) is 5.09. The van der Waals surface area contributed by atoms with Crippen molar-refractivity contribution in [2.75, 3.05) is 0 Å². The summed E-state index contributed by atoms with van der Waals surface area (Å²) in [5.74, 6) is 0.695. The molecule has 0 aliphatic heterocycles. The molecular formula is C51H32N2. The molecule has 0 atom stereocenters. The first kappa shape index (κ1) is 22.7. The smallest absolute Gasteiger partial charge is 0.145 e. The molecule has 0 aliphatic rings. The highest BCUT2D eigenvalue weighted by Crippen LogP contribution is 2.46. The Labute approximate surface area is 318 Å². The molecule has 2 heteroatoms. The fourth-order valence-corrected chi connectivity index (χ4v) is 8.03. The Bertz CT molecular complexity index is 3610. The Morgan fingerprint density at radius 1 is 0.415 bits per heavy atom. The molecule has 246 valence electrons. The molecule has 11 aromatic rings. The molecule has 0 spiro atoms. The van der Waals surface area contributed by atoms with E-state index in [2.05, 4.69) is 34.9 Å². The zero-order chi connectivity index (χ0) is 41.8. The third-order valence-corrected chi connectivity index (χ3v) is 10.4. The summed E-state index contributed by atoms with van der Waals surface area (Å²) >= 11 is 0. The van der Waals surface area contributed by atoms with Crippen molar-refractivity contribution >= 4 is 64.9 Å². The summed E-state index contributed by atoms with van der Waals surface area (Å²) in [6, 6.07) is 44.7. The first-order chi connectivity index (χ1) is 29.6. The lowest BCUT2D eigenvalue weighted by Gasteiger charge is -2.19. The van der Waals surface area contributed by atoms with E-state index in [1.165, 1.54) is 0 Å². The van der Waals surface area contributed by atoms with Crippen LogP contribution in [0.1, 0.15) is 11.0 Å². The van der Waals surface area contributed by atoms with Crippen LogP contribution in [0.3, 0.4) is 0 Å². The van der Waals surface area contributed by atoms with Gasteiger partial charge in [-0.3, -0.25) is 4.57 Å². The second-order valence-corrected chi connectivity index (χ2v) is 13.3. The van der Waals surface area contributed by atoms with Crippen LogP contribution in [0.4, 0.5) is 0 Å². The van der Waals surface area contributed by atoms with Gasteiger partial charge in [0.15, 0.2) is 0 Å². The van der Waals surface area contributed by atoms with Gasteiger partial charge in [0.25, 0.3) is 0 Å². The quantitative estimate of drug-likeness (QED) is 0.134. The van der Waals surface area contributed by atoms with Gasteiger partial charge in [-0.1, -0.05) is 164 Å². The largest absolute Gasteiger partial charge is 0.292 e.